The maximum Gasteiger partial charge on any atom is 0.356 e. The number of para-hydroxylation sites is 1. The Morgan fingerprint density at radius 1 is 0.931 bits per heavy atom. The molecule has 0 N–H and O–H groups in total. The molecule has 29 heavy (non-hydrogen) atoms. The van der Waals surface area contributed by atoms with Gasteiger partial charge in [0.1, 0.15) is 5.69 Å². The fourth-order valence-electron chi connectivity index (χ4n) is 4.13. The van der Waals surface area contributed by atoms with Crippen molar-refractivity contribution in [3.8, 4) is 11.1 Å². The summed E-state index contributed by atoms with van der Waals surface area (Å²) in [5.74, 6) is -0.399. The van der Waals surface area contributed by atoms with Crippen molar-refractivity contribution in [2.24, 2.45) is 7.05 Å². The first kappa shape index (κ1) is 17.4. The Kier molecular flexibility index (Phi) is 4.06. The number of ether oxygens (including phenoxy) is 1. The van der Waals surface area contributed by atoms with Crippen LogP contribution in [0.3, 0.4) is 0 Å². The lowest BCUT2D eigenvalue weighted by Gasteiger charge is -2.12. The van der Waals surface area contributed by atoms with Gasteiger partial charge in [-0.15, -0.1) is 0 Å². The number of nitrogens with zero attached hydrogens (tertiary/aromatic N) is 2. The quantitative estimate of drug-likeness (QED) is 0.376. The van der Waals surface area contributed by atoms with E-state index in [1.165, 1.54) is 0 Å². The Balaban J connectivity index is 1.94. The summed E-state index contributed by atoms with van der Waals surface area (Å²) in [7, 11) is 2.05. The van der Waals surface area contributed by atoms with Crippen LogP contribution < -0.4 is 0 Å². The summed E-state index contributed by atoms with van der Waals surface area (Å²) >= 11 is 0. The summed E-state index contributed by atoms with van der Waals surface area (Å²) in [5, 5.41) is 3.33. The van der Waals surface area contributed by atoms with Gasteiger partial charge in [-0.3, -0.25) is 0 Å². The average Bonchev–Trinajstić information content (AvgIpc) is 3.05. The second-order valence-electron chi connectivity index (χ2n) is 7.08. The van der Waals surface area contributed by atoms with Gasteiger partial charge in [-0.2, -0.15) is 0 Å². The van der Waals surface area contributed by atoms with Crippen LogP contribution in [0.4, 0.5) is 0 Å². The lowest BCUT2D eigenvalue weighted by atomic mass is 9.97. The van der Waals surface area contributed by atoms with E-state index >= 15 is 0 Å². The molecule has 0 radical (unpaired) electrons. The number of benzene rings is 3. The van der Waals surface area contributed by atoms with Crippen molar-refractivity contribution < 1.29 is 9.53 Å². The van der Waals surface area contributed by atoms with E-state index in [1.807, 2.05) is 43.4 Å². The summed E-state index contributed by atoms with van der Waals surface area (Å²) in [6.07, 6.45) is 0. The lowest BCUT2D eigenvalue weighted by molar-refractivity contribution is 0.0520. The highest BCUT2D eigenvalue weighted by Gasteiger charge is 2.20. The minimum Gasteiger partial charge on any atom is -0.461 e. The van der Waals surface area contributed by atoms with Gasteiger partial charge in [0.25, 0.3) is 0 Å². The minimum absolute atomic E-state index is 0.317. The molecule has 0 spiro atoms. The molecule has 142 valence electrons. The monoisotopic (exact) mass is 380 g/mol. The molecule has 2 aromatic heterocycles. The number of aromatic nitrogens is 2. The molecule has 3 aromatic carbocycles. The molecule has 4 heteroatoms. The third-order valence-electron chi connectivity index (χ3n) is 5.41. The van der Waals surface area contributed by atoms with Crippen LogP contribution >= 0.6 is 0 Å². The molecular formula is C25H20N2O2. The van der Waals surface area contributed by atoms with Gasteiger partial charge in [-0.25, -0.2) is 9.78 Å². The number of carbonyl (C=O) groups excluding carboxylic acids is 1. The topological polar surface area (TPSA) is 44.1 Å². The molecular weight excluding hydrogens is 360 g/mol. The Hall–Kier alpha value is -3.66. The van der Waals surface area contributed by atoms with Crippen LogP contribution in [0.5, 0.6) is 0 Å². The summed E-state index contributed by atoms with van der Waals surface area (Å²) in [4.78, 5) is 17.3. The maximum atomic E-state index is 12.6. The van der Waals surface area contributed by atoms with Crippen molar-refractivity contribution in [3.05, 3.63) is 78.5 Å². The van der Waals surface area contributed by atoms with E-state index in [0.717, 1.165) is 43.8 Å². The molecule has 4 nitrogen and oxygen atoms in total. The molecule has 0 fully saturated rings. The van der Waals surface area contributed by atoms with E-state index in [-0.39, 0.29) is 0 Å². The largest absolute Gasteiger partial charge is 0.461 e. The molecule has 5 rings (SSSR count). The number of hydrogen-bond acceptors (Lipinski definition) is 3. The maximum absolute atomic E-state index is 12.6. The van der Waals surface area contributed by atoms with Crippen molar-refractivity contribution in [1.29, 1.82) is 0 Å². The molecule has 0 aliphatic carbocycles. The van der Waals surface area contributed by atoms with Crippen LogP contribution in [0, 0.1) is 0 Å². The van der Waals surface area contributed by atoms with E-state index in [9.17, 15) is 4.79 Å². The molecule has 0 saturated heterocycles. The van der Waals surface area contributed by atoms with Gasteiger partial charge in [0, 0.05) is 18.0 Å². The standard InChI is InChI=1S/C25H20N2O2/c1-3-29-25(28)21-15-20(18-13-8-10-16-9-4-5-11-17(16)18)24-23(26-21)19-12-6-7-14-22(19)27(24)2/h4-15H,3H2,1-2H3. The number of pyridine rings is 1. The van der Waals surface area contributed by atoms with E-state index < -0.39 is 5.97 Å². The number of hydrogen-bond donors (Lipinski definition) is 0. The smallest absolute Gasteiger partial charge is 0.356 e. The molecule has 0 atom stereocenters. The Morgan fingerprint density at radius 3 is 2.48 bits per heavy atom. The van der Waals surface area contributed by atoms with Crippen LogP contribution in [0.25, 0.3) is 43.8 Å². The fourth-order valence-corrected chi connectivity index (χ4v) is 4.13. The van der Waals surface area contributed by atoms with Crippen LogP contribution in [0.1, 0.15) is 17.4 Å². The summed E-state index contributed by atoms with van der Waals surface area (Å²) in [6, 6.07) is 24.6. The summed E-state index contributed by atoms with van der Waals surface area (Å²) < 4.78 is 7.42. The fraction of sp³-hybridized carbons (Fsp3) is 0.120. The summed E-state index contributed by atoms with van der Waals surface area (Å²) in [6.45, 7) is 2.12. The molecule has 0 bridgehead atoms. The number of carbonyl (C=O) groups is 1. The Labute approximate surface area is 168 Å². The third kappa shape index (κ3) is 2.68. The van der Waals surface area contributed by atoms with Gasteiger partial charge in [0.2, 0.25) is 0 Å². The zero-order chi connectivity index (χ0) is 20.0. The second kappa shape index (κ2) is 6.74. The first-order chi connectivity index (χ1) is 14.2. The lowest BCUT2D eigenvalue weighted by Crippen LogP contribution is -2.08. The molecule has 5 aromatic rings. The zero-order valence-corrected chi connectivity index (χ0v) is 16.3. The first-order valence-electron chi connectivity index (χ1n) is 9.72. The highest BCUT2D eigenvalue weighted by molar-refractivity contribution is 6.14. The van der Waals surface area contributed by atoms with Gasteiger partial charge < -0.3 is 9.30 Å². The van der Waals surface area contributed by atoms with Crippen LogP contribution in [0.15, 0.2) is 72.8 Å². The Morgan fingerprint density at radius 2 is 1.66 bits per heavy atom. The molecule has 0 aliphatic heterocycles. The van der Waals surface area contributed by atoms with Crippen molar-refractivity contribution in [1.82, 2.24) is 9.55 Å². The van der Waals surface area contributed by atoms with Crippen molar-refractivity contribution in [2.45, 2.75) is 6.92 Å². The molecule has 0 unspecified atom stereocenters. The molecule has 0 saturated carbocycles. The second-order valence-corrected chi connectivity index (χ2v) is 7.08. The molecule has 0 amide bonds. The molecule has 2 heterocycles. The highest BCUT2D eigenvalue weighted by atomic mass is 16.5. The van der Waals surface area contributed by atoms with Gasteiger partial charge >= 0.3 is 5.97 Å². The van der Waals surface area contributed by atoms with Crippen LogP contribution in [0.2, 0.25) is 0 Å². The van der Waals surface area contributed by atoms with Gasteiger partial charge in [0.05, 0.1) is 23.2 Å². The predicted molar refractivity (Wildman–Crippen MR) is 117 cm³/mol. The number of rotatable bonds is 3. The third-order valence-corrected chi connectivity index (χ3v) is 5.41. The Bertz CT molecular complexity index is 1390. The van der Waals surface area contributed by atoms with E-state index in [2.05, 4.69) is 41.0 Å². The first-order valence-corrected chi connectivity index (χ1v) is 9.72. The normalized spacial score (nSPS) is 11.4. The van der Waals surface area contributed by atoms with E-state index in [4.69, 9.17) is 9.72 Å². The predicted octanol–water partition coefficient (Wildman–Crippen LogP) is 5.72. The van der Waals surface area contributed by atoms with Gasteiger partial charge in [-0.1, -0.05) is 60.7 Å². The zero-order valence-electron chi connectivity index (χ0n) is 16.3. The van der Waals surface area contributed by atoms with Crippen LogP contribution in [-0.2, 0) is 11.8 Å². The average molecular weight is 380 g/mol. The SMILES string of the molecule is CCOC(=O)c1cc(-c2cccc3ccccc23)c2c(n1)c1ccccc1n2C. The highest BCUT2D eigenvalue weighted by Crippen LogP contribution is 2.37. The molecule has 0 aliphatic rings. The van der Waals surface area contributed by atoms with Crippen molar-refractivity contribution in [3.63, 3.8) is 0 Å². The number of esters is 1. The van der Waals surface area contributed by atoms with E-state index in [0.29, 0.717) is 12.3 Å². The van der Waals surface area contributed by atoms with Crippen molar-refractivity contribution >= 4 is 38.7 Å². The van der Waals surface area contributed by atoms with Crippen molar-refractivity contribution in [2.75, 3.05) is 6.61 Å². The summed E-state index contributed by atoms with van der Waals surface area (Å²) in [5.41, 5.74) is 5.30. The number of fused-ring (bicyclic) bond motifs is 4. The van der Waals surface area contributed by atoms with Gasteiger partial charge in [0.15, 0.2) is 0 Å². The van der Waals surface area contributed by atoms with Gasteiger partial charge in [-0.05, 0) is 35.4 Å². The van der Waals surface area contributed by atoms with E-state index in [1.54, 1.807) is 6.92 Å². The van der Waals surface area contributed by atoms with Crippen LogP contribution in [-0.4, -0.2) is 22.1 Å². The number of aryl methyl sites for hydroxylation is 1. The minimum atomic E-state index is -0.399.